The Hall–Kier alpha value is -2.74. The number of benzene rings is 3. The van der Waals surface area contributed by atoms with Gasteiger partial charge in [0.1, 0.15) is 0 Å². The fourth-order valence-corrected chi connectivity index (χ4v) is 6.47. The zero-order valence-electron chi connectivity index (χ0n) is 18.3. The van der Waals surface area contributed by atoms with Crippen molar-refractivity contribution in [3.8, 4) is 0 Å². The monoisotopic (exact) mass is 525 g/mol. The number of rotatable bonds is 5. The lowest BCUT2D eigenvalue weighted by Crippen LogP contribution is -2.42. The van der Waals surface area contributed by atoms with Crippen LogP contribution in [-0.2, 0) is 14.8 Å². The molecule has 1 aliphatic heterocycles. The minimum atomic E-state index is -4.05. The summed E-state index contributed by atoms with van der Waals surface area (Å²) >= 11 is 3.48. The quantitative estimate of drug-likeness (QED) is 0.446. The molecule has 3 aromatic carbocycles. The molecule has 33 heavy (non-hydrogen) atoms. The molecule has 0 saturated carbocycles. The number of aryl methyl sites for hydroxylation is 2. The van der Waals surface area contributed by atoms with Crippen LogP contribution in [0.15, 0.2) is 93.8 Å². The molecule has 0 radical (unpaired) electrons. The van der Waals surface area contributed by atoms with E-state index < -0.39 is 28.1 Å². The van der Waals surface area contributed by atoms with Crippen molar-refractivity contribution >= 4 is 31.9 Å². The molecule has 0 bridgehead atoms. The first-order valence-electron chi connectivity index (χ1n) is 10.5. The van der Waals surface area contributed by atoms with E-state index >= 15 is 0 Å². The highest BCUT2D eigenvalue weighted by molar-refractivity contribution is 9.10. The van der Waals surface area contributed by atoms with Gasteiger partial charge in [0.15, 0.2) is 0 Å². The van der Waals surface area contributed by atoms with Crippen molar-refractivity contribution in [2.24, 2.45) is 0 Å². The van der Waals surface area contributed by atoms with Crippen LogP contribution in [0.5, 0.6) is 0 Å². The normalized spacial score (nSPS) is 19.2. The van der Waals surface area contributed by atoms with Gasteiger partial charge in [-0.25, -0.2) is 13.2 Å². The number of nitrogens with zero attached hydrogens (tertiary/aromatic N) is 1. The highest BCUT2D eigenvalue weighted by Gasteiger charge is 2.44. The summed E-state index contributed by atoms with van der Waals surface area (Å²) in [4.78, 5) is 12.4. The largest absolute Gasteiger partial charge is 0.478 e. The SMILES string of the molecule is Cc1ccc(S(=O)(=O)N2C(c3cccc(Br)c3)CC=C(C(=O)O)C2c2cccc(C)c2)cc1. The van der Waals surface area contributed by atoms with Crippen LogP contribution in [-0.4, -0.2) is 23.8 Å². The van der Waals surface area contributed by atoms with Gasteiger partial charge in [0.25, 0.3) is 0 Å². The molecule has 0 fully saturated rings. The zero-order valence-corrected chi connectivity index (χ0v) is 20.7. The maximum Gasteiger partial charge on any atom is 0.333 e. The average Bonchev–Trinajstić information content (AvgIpc) is 2.78. The van der Waals surface area contributed by atoms with Crippen molar-refractivity contribution in [2.75, 3.05) is 0 Å². The van der Waals surface area contributed by atoms with Gasteiger partial charge in [-0.1, -0.05) is 81.7 Å². The van der Waals surface area contributed by atoms with Crippen LogP contribution < -0.4 is 0 Å². The molecular formula is C26H24BrNO4S. The topological polar surface area (TPSA) is 74.7 Å². The predicted octanol–water partition coefficient (Wildman–Crippen LogP) is 5.95. The van der Waals surface area contributed by atoms with E-state index in [1.165, 1.54) is 4.31 Å². The van der Waals surface area contributed by atoms with Gasteiger partial charge >= 0.3 is 5.97 Å². The molecule has 1 aliphatic rings. The summed E-state index contributed by atoms with van der Waals surface area (Å²) in [5.41, 5.74) is 3.34. The van der Waals surface area contributed by atoms with E-state index in [-0.39, 0.29) is 16.9 Å². The fourth-order valence-electron chi connectivity index (χ4n) is 4.28. The summed E-state index contributed by atoms with van der Waals surface area (Å²) in [6.45, 7) is 3.80. The lowest BCUT2D eigenvalue weighted by atomic mass is 9.89. The fraction of sp³-hybridized carbons (Fsp3) is 0.192. The molecule has 5 nitrogen and oxygen atoms in total. The Morgan fingerprint density at radius 3 is 2.24 bits per heavy atom. The van der Waals surface area contributed by atoms with Crippen LogP contribution in [0.2, 0.25) is 0 Å². The molecule has 3 aromatic rings. The second kappa shape index (κ2) is 9.25. The molecule has 1 heterocycles. The first kappa shape index (κ1) is 23.4. The number of sulfonamides is 1. The lowest BCUT2D eigenvalue weighted by Gasteiger charge is -2.40. The van der Waals surface area contributed by atoms with Crippen molar-refractivity contribution < 1.29 is 18.3 Å². The Balaban J connectivity index is 1.98. The third-order valence-electron chi connectivity index (χ3n) is 5.85. The summed E-state index contributed by atoms with van der Waals surface area (Å²) in [5, 5.41) is 10.0. The standard InChI is InChI=1S/C26H24BrNO4S/c1-17-9-11-22(12-10-17)33(31,32)28-24(19-6-4-8-21(27)16-19)14-13-23(26(29)30)25(28)20-7-3-5-18(2)15-20/h3-13,15-16,24-25H,14H2,1-2H3,(H,29,30). The first-order valence-corrected chi connectivity index (χ1v) is 12.8. The second-order valence-corrected chi connectivity index (χ2v) is 11.0. The van der Waals surface area contributed by atoms with Crippen molar-refractivity contribution in [1.29, 1.82) is 0 Å². The number of hydrogen-bond donors (Lipinski definition) is 1. The molecular weight excluding hydrogens is 502 g/mol. The minimum absolute atomic E-state index is 0.0579. The highest BCUT2D eigenvalue weighted by Crippen LogP contribution is 2.46. The number of aliphatic carboxylic acids is 1. The molecule has 0 aliphatic carbocycles. The molecule has 0 saturated heterocycles. The van der Waals surface area contributed by atoms with E-state index in [0.29, 0.717) is 5.56 Å². The number of hydrogen-bond acceptors (Lipinski definition) is 3. The maximum atomic E-state index is 14.1. The van der Waals surface area contributed by atoms with Gasteiger partial charge in [-0.05, 0) is 55.7 Å². The summed E-state index contributed by atoms with van der Waals surface area (Å²) < 4.78 is 30.4. The zero-order chi connectivity index (χ0) is 23.8. The van der Waals surface area contributed by atoms with Gasteiger partial charge in [-0.15, -0.1) is 0 Å². The van der Waals surface area contributed by atoms with E-state index in [2.05, 4.69) is 15.9 Å². The Morgan fingerprint density at radius 2 is 1.61 bits per heavy atom. The van der Waals surface area contributed by atoms with Gasteiger partial charge < -0.3 is 5.11 Å². The van der Waals surface area contributed by atoms with Crippen LogP contribution in [0.25, 0.3) is 0 Å². The molecule has 0 aromatic heterocycles. The van der Waals surface area contributed by atoms with Crippen LogP contribution in [0, 0.1) is 13.8 Å². The molecule has 170 valence electrons. The van der Waals surface area contributed by atoms with Crippen LogP contribution >= 0.6 is 15.9 Å². The van der Waals surface area contributed by atoms with Gasteiger partial charge in [0.2, 0.25) is 10.0 Å². The van der Waals surface area contributed by atoms with Crippen molar-refractivity contribution in [3.63, 3.8) is 0 Å². The molecule has 0 amide bonds. The summed E-state index contributed by atoms with van der Waals surface area (Å²) in [6.07, 6.45) is 1.91. The van der Waals surface area contributed by atoms with Crippen LogP contribution in [0.4, 0.5) is 0 Å². The minimum Gasteiger partial charge on any atom is -0.478 e. The average molecular weight is 526 g/mol. The van der Waals surface area contributed by atoms with Crippen molar-refractivity contribution in [2.45, 2.75) is 37.2 Å². The molecule has 2 unspecified atom stereocenters. The Kier molecular flexibility index (Phi) is 6.56. The Morgan fingerprint density at radius 1 is 0.939 bits per heavy atom. The van der Waals surface area contributed by atoms with Gasteiger partial charge in [-0.3, -0.25) is 0 Å². The molecule has 0 spiro atoms. The summed E-state index contributed by atoms with van der Waals surface area (Å²) in [6, 6.07) is 20.0. The Bertz CT molecular complexity index is 1330. The van der Waals surface area contributed by atoms with Crippen LogP contribution in [0.3, 0.4) is 0 Å². The number of carbonyl (C=O) groups is 1. The highest BCUT2D eigenvalue weighted by atomic mass is 79.9. The number of halogens is 1. The van der Waals surface area contributed by atoms with Gasteiger partial charge in [0.05, 0.1) is 22.6 Å². The van der Waals surface area contributed by atoms with E-state index in [1.54, 1.807) is 36.4 Å². The third-order valence-corrected chi connectivity index (χ3v) is 8.23. The predicted molar refractivity (Wildman–Crippen MR) is 131 cm³/mol. The molecule has 2 atom stereocenters. The number of carboxylic acid groups (broad SMARTS) is 1. The van der Waals surface area contributed by atoms with Crippen molar-refractivity contribution in [3.05, 3.63) is 111 Å². The second-order valence-electron chi connectivity index (χ2n) is 8.24. The van der Waals surface area contributed by atoms with E-state index in [9.17, 15) is 18.3 Å². The molecule has 4 rings (SSSR count). The number of carboxylic acids is 1. The molecule has 1 N–H and O–H groups in total. The summed E-state index contributed by atoms with van der Waals surface area (Å²) in [7, 11) is -4.05. The Labute approximate surface area is 202 Å². The van der Waals surface area contributed by atoms with E-state index in [1.807, 2.05) is 56.3 Å². The smallest absolute Gasteiger partial charge is 0.333 e. The maximum absolute atomic E-state index is 14.1. The first-order chi connectivity index (χ1) is 15.7. The van der Waals surface area contributed by atoms with Gasteiger partial charge in [-0.2, -0.15) is 4.31 Å². The van der Waals surface area contributed by atoms with Gasteiger partial charge in [0, 0.05) is 4.47 Å². The van der Waals surface area contributed by atoms with E-state index in [0.717, 1.165) is 21.2 Å². The van der Waals surface area contributed by atoms with Crippen LogP contribution in [0.1, 0.15) is 40.8 Å². The lowest BCUT2D eigenvalue weighted by molar-refractivity contribution is -0.133. The van der Waals surface area contributed by atoms with Crippen molar-refractivity contribution in [1.82, 2.24) is 4.31 Å². The summed E-state index contributed by atoms with van der Waals surface area (Å²) in [5.74, 6) is -1.13. The third kappa shape index (κ3) is 4.67. The van der Waals surface area contributed by atoms with E-state index in [4.69, 9.17) is 0 Å². The molecule has 7 heteroatoms.